The average Bonchev–Trinajstić information content (AvgIpc) is 3.38. The standard InChI is InChI=1S/C21H18FN5OS2/c1-14-2-7-18(30-14)20(28)24-12-19-25-26-21(29-13-15-8-10-23-11-9-15)27(19)17-5-3-16(22)4-6-17/h2-11H,12-13H2,1H3,(H,24,28). The number of amides is 1. The first-order valence-electron chi connectivity index (χ1n) is 9.17. The number of hydrogen-bond donors (Lipinski definition) is 1. The van der Waals surface area contributed by atoms with Crippen molar-refractivity contribution in [2.75, 3.05) is 0 Å². The van der Waals surface area contributed by atoms with E-state index in [0.29, 0.717) is 21.6 Å². The van der Waals surface area contributed by atoms with E-state index in [0.717, 1.165) is 16.1 Å². The maximum atomic E-state index is 13.4. The highest BCUT2D eigenvalue weighted by Crippen LogP contribution is 2.25. The van der Waals surface area contributed by atoms with Crippen LogP contribution in [0.5, 0.6) is 0 Å². The van der Waals surface area contributed by atoms with E-state index >= 15 is 0 Å². The van der Waals surface area contributed by atoms with Crippen LogP contribution in [0.1, 0.15) is 25.9 Å². The molecule has 0 aliphatic carbocycles. The van der Waals surface area contributed by atoms with Crippen LogP contribution in [0.15, 0.2) is 66.1 Å². The molecule has 9 heteroatoms. The van der Waals surface area contributed by atoms with Gasteiger partial charge in [-0.15, -0.1) is 21.5 Å². The molecule has 152 valence electrons. The quantitative estimate of drug-likeness (QED) is 0.432. The molecule has 0 spiro atoms. The van der Waals surface area contributed by atoms with E-state index in [1.54, 1.807) is 30.6 Å². The number of nitrogens with one attached hydrogen (secondary N) is 1. The smallest absolute Gasteiger partial charge is 0.261 e. The summed E-state index contributed by atoms with van der Waals surface area (Å²) in [5, 5.41) is 12.1. The fraction of sp³-hybridized carbons (Fsp3) is 0.143. The Morgan fingerprint density at radius 1 is 1.10 bits per heavy atom. The van der Waals surface area contributed by atoms with Crippen molar-refractivity contribution in [1.29, 1.82) is 0 Å². The number of benzene rings is 1. The third-order valence-corrected chi connectivity index (χ3v) is 6.27. The largest absolute Gasteiger partial charge is 0.344 e. The SMILES string of the molecule is Cc1ccc(C(=O)NCc2nnc(SCc3ccncc3)n2-c2ccc(F)cc2)s1. The number of aromatic nitrogens is 4. The molecule has 0 saturated heterocycles. The topological polar surface area (TPSA) is 72.7 Å². The van der Waals surface area contributed by atoms with Gasteiger partial charge in [-0.1, -0.05) is 11.8 Å². The van der Waals surface area contributed by atoms with Gasteiger partial charge in [0.2, 0.25) is 0 Å². The van der Waals surface area contributed by atoms with Crippen LogP contribution < -0.4 is 5.32 Å². The molecule has 0 unspecified atom stereocenters. The monoisotopic (exact) mass is 439 g/mol. The second-order valence-electron chi connectivity index (χ2n) is 6.45. The van der Waals surface area contributed by atoms with Crippen LogP contribution in [0.3, 0.4) is 0 Å². The van der Waals surface area contributed by atoms with Gasteiger partial charge in [0.15, 0.2) is 11.0 Å². The number of nitrogens with zero attached hydrogens (tertiary/aromatic N) is 4. The molecule has 3 heterocycles. The van der Waals surface area contributed by atoms with Crippen LogP contribution in [0, 0.1) is 12.7 Å². The molecule has 0 radical (unpaired) electrons. The Morgan fingerprint density at radius 2 is 1.87 bits per heavy atom. The van der Waals surface area contributed by atoms with Gasteiger partial charge in [-0.05, 0) is 61.0 Å². The second-order valence-corrected chi connectivity index (χ2v) is 8.68. The second kappa shape index (κ2) is 9.19. The van der Waals surface area contributed by atoms with Gasteiger partial charge in [-0.2, -0.15) is 0 Å². The molecule has 1 aromatic carbocycles. The van der Waals surface area contributed by atoms with Crippen molar-refractivity contribution in [3.8, 4) is 5.69 Å². The number of carbonyl (C=O) groups excluding carboxylic acids is 1. The number of aryl methyl sites for hydroxylation is 1. The third kappa shape index (κ3) is 4.74. The maximum Gasteiger partial charge on any atom is 0.261 e. The lowest BCUT2D eigenvalue weighted by Crippen LogP contribution is -2.23. The average molecular weight is 440 g/mol. The molecule has 0 fully saturated rings. The molecule has 0 bridgehead atoms. The minimum Gasteiger partial charge on any atom is -0.344 e. The third-order valence-electron chi connectivity index (χ3n) is 4.27. The number of hydrogen-bond acceptors (Lipinski definition) is 6. The Kier molecular flexibility index (Phi) is 6.20. The van der Waals surface area contributed by atoms with E-state index in [-0.39, 0.29) is 18.3 Å². The molecule has 0 atom stereocenters. The van der Waals surface area contributed by atoms with E-state index in [1.807, 2.05) is 29.7 Å². The Bertz CT molecular complexity index is 1140. The first kappa shape index (κ1) is 20.2. The minimum atomic E-state index is -0.319. The number of thioether (sulfide) groups is 1. The van der Waals surface area contributed by atoms with Crippen LogP contribution in [0.2, 0.25) is 0 Å². The molecular weight excluding hydrogens is 421 g/mol. The van der Waals surface area contributed by atoms with Crippen molar-refractivity contribution in [3.05, 3.63) is 87.9 Å². The van der Waals surface area contributed by atoms with E-state index in [2.05, 4.69) is 20.5 Å². The molecule has 4 aromatic rings. The molecule has 1 N–H and O–H groups in total. The molecule has 1 amide bonds. The predicted octanol–water partition coefficient (Wildman–Crippen LogP) is 4.39. The Balaban J connectivity index is 1.57. The number of rotatable bonds is 7. The Morgan fingerprint density at radius 3 is 2.57 bits per heavy atom. The summed E-state index contributed by atoms with van der Waals surface area (Å²) in [5.41, 5.74) is 1.83. The first-order valence-corrected chi connectivity index (χ1v) is 11.0. The molecule has 3 aromatic heterocycles. The molecule has 4 rings (SSSR count). The Labute approximate surface area is 181 Å². The lowest BCUT2D eigenvalue weighted by Gasteiger charge is -2.11. The summed E-state index contributed by atoms with van der Waals surface area (Å²) in [6.45, 7) is 2.16. The van der Waals surface area contributed by atoms with Gasteiger partial charge in [-0.3, -0.25) is 14.3 Å². The first-order chi connectivity index (χ1) is 14.6. The van der Waals surface area contributed by atoms with Gasteiger partial charge in [-0.25, -0.2) is 4.39 Å². The molecule has 0 aliphatic heterocycles. The van der Waals surface area contributed by atoms with E-state index in [9.17, 15) is 9.18 Å². The van der Waals surface area contributed by atoms with E-state index in [4.69, 9.17) is 0 Å². The summed E-state index contributed by atoms with van der Waals surface area (Å²) >= 11 is 2.95. The van der Waals surface area contributed by atoms with Crippen LogP contribution >= 0.6 is 23.1 Å². The lowest BCUT2D eigenvalue weighted by atomic mass is 10.3. The highest BCUT2D eigenvalue weighted by molar-refractivity contribution is 7.98. The molecule has 0 aliphatic rings. The van der Waals surface area contributed by atoms with Crippen molar-refractivity contribution in [3.63, 3.8) is 0 Å². The normalized spacial score (nSPS) is 10.9. The zero-order valence-corrected chi connectivity index (χ0v) is 17.7. The van der Waals surface area contributed by atoms with Gasteiger partial charge in [0.05, 0.1) is 11.4 Å². The molecular formula is C21H18FN5OS2. The van der Waals surface area contributed by atoms with Gasteiger partial charge in [0.25, 0.3) is 5.91 Å². The zero-order chi connectivity index (χ0) is 20.9. The highest BCUT2D eigenvalue weighted by atomic mass is 32.2. The zero-order valence-electron chi connectivity index (χ0n) is 16.1. The maximum absolute atomic E-state index is 13.4. The van der Waals surface area contributed by atoms with Crippen molar-refractivity contribution in [2.45, 2.75) is 24.4 Å². The van der Waals surface area contributed by atoms with Gasteiger partial charge >= 0.3 is 0 Å². The van der Waals surface area contributed by atoms with Crippen LogP contribution in [-0.2, 0) is 12.3 Å². The number of halogens is 1. The van der Waals surface area contributed by atoms with Gasteiger partial charge in [0.1, 0.15) is 5.82 Å². The van der Waals surface area contributed by atoms with Crippen LogP contribution in [-0.4, -0.2) is 25.7 Å². The molecule has 6 nitrogen and oxygen atoms in total. The minimum absolute atomic E-state index is 0.159. The van der Waals surface area contributed by atoms with Crippen LogP contribution in [0.25, 0.3) is 5.69 Å². The number of pyridine rings is 1. The summed E-state index contributed by atoms with van der Waals surface area (Å²) in [5.74, 6) is 0.775. The summed E-state index contributed by atoms with van der Waals surface area (Å²) in [4.78, 5) is 18.2. The summed E-state index contributed by atoms with van der Waals surface area (Å²) in [7, 11) is 0. The summed E-state index contributed by atoms with van der Waals surface area (Å²) in [6, 6.07) is 13.7. The van der Waals surface area contributed by atoms with Gasteiger partial charge in [0, 0.05) is 28.7 Å². The molecule has 30 heavy (non-hydrogen) atoms. The van der Waals surface area contributed by atoms with Crippen molar-refractivity contribution >= 4 is 29.0 Å². The van der Waals surface area contributed by atoms with E-state index in [1.165, 1.54) is 35.2 Å². The van der Waals surface area contributed by atoms with Gasteiger partial charge < -0.3 is 5.32 Å². The van der Waals surface area contributed by atoms with Crippen molar-refractivity contribution in [2.24, 2.45) is 0 Å². The van der Waals surface area contributed by atoms with Crippen LogP contribution in [0.4, 0.5) is 4.39 Å². The predicted molar refractivity (Wildman–Crippen MR) is 115 cm³/mol. The van der Waals surface area contributed by atoms with E-state index < -0.39 is 0 Å². The van der Waals surface area contributed by atoms with Crippen molar-refractivity contribution in [1.82, 2.24) is 25.1 Å². The highest BCUT2D eigenvalue weighted by Gasteiger charge is 2.16. The fourth-order valence-corrected chi connectivity index (χ4v) is 4.50. The number of carbonyl (C=O) groups is 1. The summed E-state index contributed by atoms with van der Waals surface area (Å²) in [6.07, 6.45) is 3.49. The fourth-order valence-electron chi connectivity index (χ4n) is 2.79. The summed E-state index contributed by atoms with van der Waals surface area (Å²) < 4.78 is 15.3. The number of thiophene rings is 1. The molecule has 0 saturated carbocycles. The lowest BCUT2D eigenvalue weighted by molar-refractivity contribution is 0.0953. The van der Waals surface area contributed by atoms with Crippen molar-refractivity contribution < 1.29 is 9.18 Å². The Hall–Kier alpha value is -3.04.